The van der Waals surface area contributed by atoms with Crippen LogP contribution < -0.4 is 5.32 Å². The average Bonchev–Trinajstić information content (AvgIpc) is 3.33. The van der Waals surface area contributed by atoms with Crippen molar-refractivity contribution in [3.63, 3.8) is 0 Å². The molecule has 0 unspecified atom stereocenters. The highest BCUT2D eigenvalue weighted by atomic mass is 32.1. The number of fused-ring (bicyclic) bond motifs is 1. The molecule has 8 heteroatoms. The van der Waals surface area contributed by atoms with Gasteiger partial charge in [0.2, 0.25) is 0 Å². The van der Waals surface area contributed by atoms with Crippen LogP contribution in [0.1, 0.15) is 29.3 Å². The van der Waals surface area contributed by atoms with Crippen LogP contribution in [0.15, 0.2) is 48.0 Å². The molecule has 1 amide bonds. The van der Waals surface area contributed by atoms with E-state index in [4.69, 9.17) is 0 Å². The highest BCUT2D eigenvalue weighted by Gasteiger charge is 2.20. The van der Waals surface area contributed by atoms with Crippen molar-refractivity contribution in [2.75, 3.05) is 0 Å². The zero-order valence-electron chi connectivity index (χ0n) is 13.7. The number of carbonyl (C=O) groups excluding carboxylic acids is 1. The zero-order valence-corrected chi connectivity index (χ0v) is 14.6. The Morgan fingerprint density at radius 1 is 1.24 bits per heavy atom. The minimum absolute atomic E-state index is 0.196. The van der Waals surface area contributed by atoms with Crippen molar-refractivity contribution >= 4 is 22.9 Å². The Hall–Kier alpha value is -3.00. The van der Waals surface area contributed by atoms with Gasteiger partial charge in [0.05, 0.1) is 10.9 Å². The van der Waals surface area contributed by atoms with Crippen LogP contribution in [0, 0.1) is 0 Å². The van der Waals surface area contributed by atoms with Gasteiger partial charge in [0, 0.05) is 13.2 Å². The van der Waals surface area contributed by atoms with Crippen LogP contribution in [0.25, 0.3) is 16.2 Å². The lowest BCUT2D eigenvalue weighted by molar-refractivity contribution is 0.0928. The molecule has 4 aromatic rings. The van der Waals surface area contributed by atoms with E-state index in [9.17, 15) is 4.79 Å². The molecule has 25 heavy (non-hydrogen) atoms. The number of aryl methyl sites for hydroxylation is 1. The van der Waals surface area contributed by atoms with Crippen molar-refractivity contribution in [2.24, 2.45) is 7.05 Å². The fraction of sp³-hybridized carbons (Fsp3) is 0.176. The Morgan fingerprint density at radius 2 is 2.12 bits per heavy atom. The van der Waals surface area contributed by atoms with E-state index in [0.717, 1.165) is 16.2 Å². The summed E-state index contributed by atoms with van der Waals surface area (Å²) in [6, 6.07) is 11.1. The van der Waals surface area contributed by atoms with Crippen molar-refractivity contribution in [2.45, 2.75) is 13.0 Å². The highest BCUT2D eigenvalue weighted by molar-refractivity contribution is 7.13. The highest BCUT2D eigenvalue weighted by Crippen LogP contribution is 2.24. The third-order valence-corrected chi connectivity index (χ3v) is 4.85. The number of amides is 1. The van der Waals surface area contributed by atoms with Crippen molar-refractivity contribution in [1.82, 2.24) is 29.7 Å². The number of hydrogen-bond donors (Lipinski definition) is 1. The van der Waals surface area contributed by atoms with Gasteiger partial charge in [0.25, 0.3) is 5.91 Å². The van der Waals surface area contributed by atoms with Crippen molar-refractivity contribution < 1.29 is 4.79 Å². The normalized spacial score (nSPS) is 12.4. The number of aromatic nitrogens is 5. The molecule has 0 spiro atoms. The van der Waals surface area contributed by atoms with Crippen molar-refractivity contribution in [3.8, 4) is 10.6 Å². The van der Waals surface area contributed by atoms with Crippen LogP contribution in [0.3, 0.4) is 0 Å². The first kappa shape index (κ1) is 15.5. The molecule has 4 rings (SSSR count). The molecule has 0 bridgehead atoms. The lowest BCUT2D eigenvalue weighted by Gasteiger charge is -2.12. The first-order valence-corrected chi connectivity index (χ1v) is 8.70. The van der Waals surface area contributed by atoms with E-state index in [1.807, 2.05) is 53.2 Å². The summed E-state index contributed by atoms with van der Waals surface area (Å²) >= 11 is 1.59. The molecule has 0 saturated heterocycles. The molecule has 0 aliphatic rings. The number of pyridine rings is 1. The molecular weight excluding hydrogens is 336 g/mol. The SMILES string of the molecule is C[C@@H](NC(=O)c1cc(-c2cccs2)nn1C)c1nnc2ccccn12. The molecule has 126 valence electrons. The van der Waals surface area contributed by atoms with E-state index in [1.165, 1.54) is 0 Å². The van der Waals surface area contributed by atoms with Crippen LogP contribution in [-0.2, 0) is 7.05 Å². The first-order valence-electron chi connectivity index (χ1n) is 7.82. The number of nitrogens with zero attached hydrogens (tertiary/aromatic N) is 5. The van der Waals surface area contributed by atoms with Gasteiger partial charge in [-0.15, -0.1) is 21.5 Å². The summed E-state index contributed by atoms with van der Waals surface area (Å²) in [6.45, 7) is 1.89. The summed E-state index contributed by atoms with van der Waals surface area (Å²) < 4.78 is 3.46. The Labute approximate surface area is 147 Å². The molecule has 0 fully saturated rings. The van der Waals surface area contributed by atoms with Gasteiger partial charge in [-0.2, -0.15) is 5.10 Å². The predicted octanol–water partition coefficient (Wildman–Crippen LogP) is 2.68. The number of nitrogens with one attached hydrogen (secondary N) is 1. The fourth-order valence-corrected chi connectivity index (χ4v) is 3.40. The summed E-state index contributed by atoms with van der Waals surface area (Å²) in [5.74, 6) is 0.489. The average molecular weight is 352 g/mol. The first-order chi connectivity index (χ1) is 12.1. The maximum Gasteiger partial charge on any atom is 0.270 e. The minimum atomic E-state index is -0.287. The second kappa shape index (κ2) is 6.14. The lowest BCUT2D eigenvalue weighted by atomic mass is 10.2. The summed E-state index contributed by atoms with van der Waals surface area (Å²) in [4.78, 5) is 13.7. The van der Waals surface area contributed by atoms with Gasteiger partial charge in [-0.1, -0.05) is 12.1 Å². The van der Waals surface area contributed by atoms with Gasteiger partial charge in [0.15, 0.2) is 11.5 Å². The number of carbonyl (C=O) groups is 1. The Balaban J connectivity index is 1.58. The van der Waals surface area contributed by atoms with Crippen LogP contribution in [0.5, 0.6) is 0 Å². The standard InChI is InChI=1S/C17H16N6OS/c1-11(16-20-19-15-7-3-4-8-23(15)16)18-17(24)13-10-12(21-22(13)2)14-6-5-9-25-14/h3-11H,1-2H3,(H,18,24)/t11-/m1/s1. The summed E-state index contributed by atoms with van der Waals surface area (Å²) in [6.07, 6.45) is 1.88. The Morgan fingerprint density at radius 3 is 2.92 bits per heavy atom. The van der Waals surface area contributed by atoms with Crippen molar-refractivity contribution in [1.29, 1.82) is 0 Å². The van der Waals surface area contributed by atoms with Gasteiger partial charge < -0.3 is 5.32 Å². The number of rotatable bonds is 4. The van der Waals surface area contributed by atoms with E-state index in [-0.39, 0.29) is 11.9 Å². The quantitative estimate of drug-likeness (QED) is 0.613. The molecule has 0 aliphatic heterocycles. The predicted molar refractivity (Wildman–Crippen MR) is 95.4 cm³/mol. The van der Waals surface area contributed by atoms with Gasteiger partial charge in [0.1, 0.15) is 11.4 Å². The van der Waals surface area contributed by atoms with Crippen LogP contribution in [0.4, 0.5) is 0 Å². The van der Waals surface area contributed by atoms with E-state index in [0.29, 0.717) is 11.5 Å². The van der Waals surface area contributed by atoms with E-state index in [1.54, 1.807) is 29.1 Å². The molecule has 0 aliphatic carbocycles. The Bertz CT molecular complexity index is 1030. The molecule has 4 aromatic heterocycles. The second-order valence-electron chi connectivity index (χ2n) is 5.70. The van der Waals surface area contributed by atoms with Gasteiger partial charge in [-0.05, 0) is 36.6 Å². The molecule has 0 saturated carbocycles. The van der Waals surface area contributed by atoms with Gasteiger partial charge in [-0.25, -0.2) is 0 Å². The summed E-state index contributed by atoms with van der Waals surface area (Å²) in [5.41, 5.74) is 2.05. The maximum absolute atomic E-state index is 12.7. The topological polar surface area (TPSA) is 77.1 Å². The third-order valence-electron chi connectivity index (χ3n) is 3.96. The van der Waals surface area contributed by atoms with E-state index >= 15 is 0 Å². The Kier molecular flexibility index (Phi) is 3.81. The molecule has 0 radical (unpaired) electrons. The van der Waals surface area contributed by atoms with Crippen LogP contribution >= 0.6 is 11.3 Å². The number of thiophene rings is 1. The molecule has 0 aromatic carbocycles. The molecule has 1 atom stereocenters. The molecule has 1 N–H and O–H groups in total. The maximum atomic E-state index is 12.7. The summed E-state index contributed by atoms with van der Waals surface area (Å²) in [5, 5.41) is 17.7. The molecule has 7 nitrogen and oxygen atoms in total. The van der Waals surface area contributed by atoms with Gasteiger partial charge in [-0.3, -0.25) is 13.9 Å². The molecular formula is C17H16N6OS. The van der Waals surface area contributed by atoms with Gasteiger partial charge >= 0.3 is 0 Å². The lowest BCUT2D eigenvalue weighted by Crippen LogP contribution is -2.29. The largest absolute Gasteiger partial charge is 0.341 e. The van der Waals surface area contributed by atoms with Crippen LogP contribution in [0.2, 0.25) is 0 Å². The minimum Gasteiger partial charge on any atom is -0.341 e. The molecule has 4 heterocycles. The van der Waals surface area contributed by atoms with Crippen molar-refractivity contribution in [3.05, 3.63) is 59.5 Å². The number of hydrogen-bond acceptors (Lipinski definition) is 5. The monoisotopic (exact) mass is 352 g/mol. The van der Waals surface area contributed by atoms with E-state index in [2.05, 4.69) is 20.6 Å². The van der Waals surface area contributed by atoms with Crippen LogP contribution in [-0.4, -0.2) is 30.3 Å². The second-order valence-corrected chi connectivity index (χ2v) is 6.65. The smallest absolute Gasteiger partial charge is 0.270 e. The third kappa shape index (κ3) is 2.80. The zero-order chi connectivity index (χ0) is 17.4. The van der Waals surface area contributed by atoms with E-state index < -0.39 is 0 Å². The summed E-state index contributed by atoms with van der Waals surface area (Å²) in [7, 11) is 1.77. The fourth-order valence-electron chi connectivity index (χ4n) is 2.71.